The summed E-state index contributed by atoms with van der Waals surface area (Å²) in [5, 5.41) is 4.73. The first-order valence-electron chi connectivity index (χ1n) is 12.9. The maximum absolute atomic E-state index is 14.7. The van der Waals surface area contributed by atoms with Gasteiger partial charge in [0.05, 0.1) is 35.2 Å². The topological polar surface area (TPSA) is 56.6 Å². The van der Waals surface area contributed by atoms with E-state index in [0.717, 1.165) is 25.0 Å². The monoisotopic (exact) mass is 535 g/mol. The highest BCUT2D eigenvalue weighted by Crippen LogP contribution is 2.34. The molecular weight excluding hydrogens is 507 g/mol. The molecule has 1 saturated heterocycles. The molecule has 1 fully saturated rings. The van der Waals surface area contributed by atoms with Crippen molar-refractivity contribution in [3.05, 3.63) is 107 Å². The predicted octanol–water partition coefficient (Wildman–Crippen LogP) is 6.47. The third kappa shape index (κ3) is 5.83. The molecule has 6 nitrogen and oxygen atoms in total. The van der Waals surface area contributed by atoms with E-state index in [4.69, 9.17) is 14.6 Å². The molecular formula is C30H28F3N3O3. The lowest BCUT2D eigenvalue weighted by Crippen LogP contribution is -2.37. The number of rotatable bonds is 9. The van der Waals surface area contributed by atoms with Gasteiger partial charge in [-0.1, -0.05) is 37.3 Å². The lowest BCUT2D eigenvalue weighted by atomic mass is 10.1. The normalized spacial score (nSPS) is 14.9. The van der Waals surface area contributed by atoms with E-state index in [9.17, 15) is 18.0 Å². The van der Waals surface area contributed by atoms with Gasteiger partial charge in [0, 0.05) is 19.2 Å². The molecule has 0 N–H and O–H groups in total. The van der Waals surface area contributed by atoms with Crippen molar-refractivity contribution in [2.75, 3.05) is 13.2 Å². The zero-order valence-corrected chi connectivity index (χ0v) is 21.4. The molecule has 2 heterocycles. The molecule has 0 aliphatic carbocycles. The second-order valence-corrected chi connectivity index (χ2v) is 9.31. The van der Waals surface area contributed by atoms with Gasteiger partial charge in [0.2, 0.25) is 5.88 Å². The quantitative estimate of drug-likeness (QED) is 0.247. The van der Waals surface area contributed by atoms with Crippen LogP contribution in [0.15, 0.2) is 72.8 Å². The number of hydrogen-bond acceptors (Lipinski definition) is 4. The zero-order chi connectivity index (χ0) is 27.4. The Hall–Kier alpha value is -4.11. The summed E-state index contributed by atoms with van der Waals surface area (Å²) in [4.78, 5) is 15.2. The highest BCUT2D eigenvalue weighted by molar-refractivity contribution is 5.94. The van der Waals surface area contributed by atoms with Crippen LogP contribution in [0.1, 0.15) is 41.4 Å². The number of aromatic nitrogens is 2. The highest BCUT2D eigenvalue weighted by atomic mass is 19.1. The number of para-hydroxylation sites is 1. The molecule has 1 amide bonds. The van der Waals surface area contributed by atoms with Crippen molar-refractivity contribution in [1.82, 2.24) is 14.7 Å². The van der Waals surface area contributed by atoms with E-state index in [1.807, 2.05) is 37.3 Å². The van der Waals surface area contributed by atoms with Crippen LogP contribution < -0.4 is 4.74 Å². The first kappa shape index (κ1) is 26.5. The van der Waals surface area contributed by atoms with Crippen LogP contribution in [0.3, 0.4) is 0 Å². The minimum atomic E-state index is -0.876. The van der Waals surface area contributed by atoms with Gasteiger partial charge in [-0.3, -0.25) is 4.79 Å². The molecule has 1 aliphatic rings. The number of carbonyl (C=O) groups excluding carboxylic acids is 1. The molecule has 0 radical (unpaired) electrons. The Morgan fingerprint density at radius 1 is 1.05 bits per heavy atom. The van der Waals surface area contributed by atoms with E-state index in [1.165, 1.54) is 33.8 Å². The number of ether oxygens (including phenoxy) is 2. The molecule has 3 aromatic carbocycles. The second kappa shape index (κ2) is 11.7. The minimum absolute atomic E-state index is 0.0151. The van der Waals surface area contributed by atoms with E-state index in [1.54, 1.807) is 6.07 Å². The predicted molar refractivity (Wildman–Crippen MR) is 139 cm³/mol. The third-order valence-corrected chi connectivity index (χ3v) is 6.64. The van der Waals surface area contributed by atoms with Gasteiger partial charge in [0.25, 0.3) is 5.91 Å². The average molecular weight is 536 g/mol. The number of halogens is 3. The summed E-state index contributed by atoms with van der Waals surface area (Å²) >= 11 is 0. The summed E-state index contributed by atoms with van der Waals surface area (Å²) in [6.07, 6.45) is 1.93. The Morgan fingerprint density at radius 3 is 2.51 bits per heavy atom. The second-order valence-electron chi connectivity index (χ2n) is 9.31. The fourth-order valence-electron chi connectivity index (χ4n) is 4.68. The van der Waals surface area contributed by atoms with Gasteiger partial charge in [-0.2, -0.15) is 5.10 Å². The van der Waals surface area contributed by atoms with Gasteiger partial charge in [0.15, 0.2) is 11.6 Å². The first-order chi connectivity index (χ1) is 18.9. The molecule has 4 aromatic rings. The summed E-state index contributed by atoms with van der Waals surface area (Å²) in [6.45, 7) is 2.75. The average Bonchev–Trinajstić information content (AvgIpc) is 3.58. The van der Waals surface area contributed by atoms with Crippen molar-refractivity contribution >= 4 is 5.91 Å². The molecule has 1 aliphatic heterocycles. The largest absolute Gasteiger partial charge is 0.435 e. The number of carbonyl (C=O) groups is 1. The Labute approximate surface area is 224 Å². The van der Waals surface area contributed by atoms with Crippen LogP contribution in [0, 0.1) is 17.5 Å². The van der Waals surface area contributed by atoms with E-state index in [2.05, 4.69) is 0 Å². The zero-order valence-electron chi connectivity index (χ0n) is 21.4. The summed E-state index contributed by atoms with van der Waals surface area (Å²) in [5.41, 5.74) is 1.75. The molecule has 9 heteroatoms. The van der Waals surface area contributed by atoms with Crippen LogP contribution in [0.4, 0.5) is 13.2 Å². The van der Waals surface area contributed by atoms with Gasteiger partial charge >= 0.3 is 0 Å². The van der Waals surface area contributed by atoms with Gasteiger partial charge in [-0.05, 0) is 55.7 Å². The van der Waals surface area contributed by atoms with E-state index in [0.29, 0.717) is 30.0 Å². The molecule has 5 rings (SSSR count). The van der Waals surface area contributed by atoms with Crippen LogP contribution in [0.2, 0.25) is 0 Å². The molecule has 202 valence electrons. The Kier molecular flexibility index (Phi) is 7.97. The summed E-state index contributed by atoms with van der Waals surface area (Å²) in [6, 6.07) is 18.0. The molecule has 0 bridgehead atoms. The van der Waals surface area contributed by atoms with Crippen molar-refractivity contribution in [3.63, 3.8) is 0 Å². The van der Waals surface area contributed by atoms with Crippen LogP contribution in [0.5, 0.6) is 11.6 Å². The van der Waals surface area contributed by atoms with E-state index < -0.39 is 23.4 Å². The van der Waals surface area contributed by atoms with Crippen molar-refractivity contribution in [2.45, 2.75) is 38.8 Å². The number of hydrogen-bond donors (Lipinski definition) is 0. The molecule has 0 saturated carbocycles. The molecule has 1 aromatic heterocycles. The third-order valence-electron chi connectivity index (χ3n) is 6.64. The fourth-order valence-corrected chi connectivity index (χ4v) is 4.68. The standard InChI is InChI=1S/C30H28F3N3O3/c1-2-27-24(19-35(18-22-11-8-16-38-22)29(37)23-12-6-7-13-25(23)32)30(36(34-27)21-9-4-3-5-10-21)39-28-15-14-20(31)17-26(28)33/h3-7,9-10,12-15,17,22H,2,8,11,16,18-19H2,1H3/t22-/m1/s1. The Balaban J connectivity index is 1.60. The Bertz CT molecular complexity index is 1450. The van der Waals surface area contributed by atoms with Crippen molar-refractivity contribution in [1.29, 1.82) is 0 Å². The number of benzene rings is 3. The van der Waals surface area contributed by atoms with Crippen molar-refractivity contribution in [3.8, 4) is 17.3 Å². The summed E-state index contributed by atoms with van der Waals surface area (Å²) in [5.74, 6) is -2.74. The number of nitrogens with zero attached hydrogens (tertiary/aromatic N) is 3. The maximum atomic E-state index is 14.7. The summed E-state index contributed by atoms with van der Waals surface area (Å²) < 4.78 is 56.4. The Morgan fingerprint density at radius 2 is 1.82 bits per heavy atom. The minimum Gasteiger partial charge on any atom is -0.435 e. The van der Waals surface area contributed by atoms with E-state index >= 15 is 0 Å². The van der Waals surface area contributed by atoms with Crippen molar-refractivity contribution < 1.29 is 27.4 Å². The maximum Gasteiger partial charge on any atom is 0.257 e. The fraction of sp³-hybridized carbons (Fsp3) is 0.267. The van der Waals surface area contributed by atoms with Gasteiger partial charge in [-0.15, -0.1) is 0 Å². The van der Waals surface area contributed by atoms with Gasteiger partial charge < -0.3 is 14.4 Å². The van der Waals surface area contributed by atoms with Crippen LogP contribution in [0.25, 0.3) is 5.69 Å². The van der Waals surface area contributed by atoms with E-state index in [-0.39, 0.29) is 36.4 Å². The van der Waals surface area contributed by atoms with Gasteiger partial charge in [0.1, 0.15) is 11.6 Å². The lowest BCUT2D eigenvalue weighted by Gasteiger charge is -2.26. The lowest BCUT2D eigenvalue weighted by molar-refractivity contribution is 0.0502. The van der Waals surface area contributed by atoms with Crippen LogP contribution >= 0.6 is 0 Å². The number of amides is 1. The summed E-state index contributed by atoms with van der Waals surface area (Å²) in [7, 11) is 0. The van der Waals surface area contributed by atoms with Crippen LogP contribution in [-0.2, 0) is 17.7 Å². The molecule has 0 spiro atoms. The highest BCUT2D eigenvalue weighted by Gasteiger charge is 2.29. The smallest absolute Gasteiger partial charge is 0.257 e. The molecule has 39 heavy (non-hydrogen) atoms. The molecule has 0 unspecified atom stereocenters. The van der Waals surface area contributed by atoms with Crippen LogP contribution in [-0.4, -0.2) is 39.8 Å². The first-order valence-corrected chi connectivity index (χ1v) is 12.9. The number of aryl methyl sites for hydroxylation is 1. The van der Waals surface area contributed by atoms with Gasteiger partial charge in [-0.25, -0.2) is 17.9 Å². The van der Waals surface area contributed by atoms with Crippen molar-refractivity contribution in [2.24, 2.45) is 0 Å². The molecule has 1 atom stereocenters. The SMILES string of the molecule is CCc1nn(-c2ccccc2)c(Oc2ccc(F)cc2F)c1CN(C[C@H]1CCCO1)C(=O)c1ccccc1F.